The molecule has 0 bridgehead atoms. The molecule has 0 amide bonds. The first-order valence-electron chi connectivity index (χ1n) is 20.8. The van der Waals surface area contributed by atoms with Crippen LogP contribution in [0.3, 0.4) is 0 Å². The Bertz CT molecular complexity index is 3410. The normalized spacial score (nSPS) is 11.6. The topological polar surface area (TPSA) is 55.7 Å². The van der Waals surface area contributed by atoms with Gasteiger partial charge in [-0.15, -0.1) is 0 Å². The second-order valence-corrected chi connectivity index (χ2v) is 18.2. The highest BCUT2D eigenvalue weighted by atomic mass is 31.2. The summed E-state index contributed by atoms with van der Waals surface area (Å²) < 4.78 is 15.1. The van der Waals surface area contributed by atoms with E-state index in [4.69, 9.17) is 15.0 Å². The van der Waals surface area contributed by atoms with Crippen LogP contribution in [0.2, 0.25) is 0 Å². The van der Waals surface area contributed by atoms with E-state index in [0.29, 0.717) is 5.82 Å². The molecule has 292 valence electrons. The van der Waals surface area contributed by atoms with E-state index in [0.717, 1.165) is 98.8 Å². The van der Waals surface area contributed by atoms with Crippen molar-refractivity contribution in [3.8, 4) is 56.2 Å². The first-order chi connectivity index (χ1) is 30.6. The first kappa shape index (κ1) is 37.2. The van der Waals surface area contributed by atoms with Gasteiger partial charge in [0.15, 0.2) is 13.0 Å². The van der Waals surface area contributed by atoms with Gasteiger partial charge >= 0.3 is 0 Å². The first-order valence-corrected chi connectivity index (χ1v) is 22.5. The average molecular weight is 812 g/mol. The molecule has 0 atom stereocenters. The van der Waals surface area contributed by atoms with Gasteiger partial charge < -0.3 is 4.57 Å². The van der Waals surface area contributed by atoms with Gasteiger partial charge in [-0.2, -0.15) is 0 Å². The molecule has 11 aromatic rings. The minimum absolute atomic E-state index is 0.622. The molecular weight excluding hydrogens is 774 g/mol. The van der Waals surface area contributed by atoms with Gasteiger partial charge in [0.25, 0.3) is 0 Å². The number of hydrogen-bond donors (Lipinski definition) is 0. The van der Waals surface area contributed by atoms with E-state index >= 15 is 4.57 Å². The highest BCUT2D eigenvalue weighted by molar-refractivity contribution is 7.85. The lowest BCUT2D eigenvalue weighted by molar-refractivity contribution is 0.592. The third kappa shape index (κ3) is 6.59. The Hall–Kier alpha value is -7.78. The maximum atomic E-state index is 15.1. The van der Waals surface area contributed by atoms with E-state index in [1.54, 1.807) is 0 Å². The van der Waals surface area contributed by atoms with Gasteiger partial charge in [-0.25, -0.2) is 15.0 Å². The Morgan fingerprint density at radius 1 is 0.306 bits per heavy atom. The highest BCUT2D eigenvalue weighted by Gasteiger charge is 2.29. The van der Waals surface area contributed by atoms with Crippen LogP contribution in [0.1, 0.15) is 0 Å². The molecule has 5 heteroatoms. The van der Waals surface area contributed by atoms with Gasteiger partial charge in [-0.05, 0) is 40.5 Å². The number of hydrogen-bond acceptors (Lipinski definition) is 4. The van der Waals surface area contributed by atoms with E-state index in [9.17, 15) is 0 Å². The lowest BCUT2D eigenvalue weighted by Crippen LogP contribution is -2.24. The summed E-state index contributed by atoms with van der Waals surface area (Å²) in [5, 5.41) is 6.72. The fourth-order valence-corrected chi connectivity index (χ4v) is 11.4. The van der Waals surface area contributed by atoms with Crippen LogP contribution < -0.4 is 15.9 Å². The maximum absolute atomic E-state index is 15.1. The van der Waals surface area contributed by atoms with E-state index < -0.39 is 7.14 Å². The van der Waals surface area contributed by atoms with Crippen LogP contribution in [-0.4, -0.2) is 15.0 Å². The quantitative estimate of drug-likeness (QED) is 0.113. The predicted octanol–water partition coefficient (Wildman–Crippen LogP) is 13.3. The molecule has 62 heavy (non-hydrogen) atoms. The molecule has 0 saturated carbocycles. The second-order valence-electron chi connectivity index (χ2n) is 15.5. The van der Waals surface area contributed by atoms with Gasteiger partial charge in [0.1, 0.15) is 0 Å². The zero-order valence-electron chi connectivity index (χ0n) is 33.6. The molecule has 0 aliphatic carbocycles. The van der Waals surface area contributed by atoms with Gasteiger partial charge in [-0.1, -0.05) is 212 Å². The van der Waals surface area contributed by atoms with Crippen LogP contribution >= 0.6 is 7.14 Å². The number of benzene rings is 9. The zero-order valence-corrected chi connectivity index (χ0v) is 34.5. The molecule has 0 unspecified atom stereocenters. The third-order valence-corrected chi connectivity index (χ3v) is 14.8. The van der Waals surface area contributed by atoms with E-state index in [-0.39, 0.29) is 0 Å². The van der Waals surface area contributed by atoms with Crippen LogP contribution in [0.15, 0.2) is 231 Å². The van der Waals surface area contributed by atoms with Crippen molar-refractivity contribution >= 4 is 55.6 Å². The van der Waals surface area contributed by atoms with Gasteiger partial charge in [0, 0.05) is 54.1 Å². The Morgan fingerprint density at radius 3 is 1.39 bits per heavy atom. The molecule has 2 aromatic heterocycles. The SMILES string of the molecule is O=P(c1ccccc1)(c1ccccc1)c1ccc(-c2ccc3c(-c4ccccc4)nc(-c4ccc5c(c4)nc(-c4ccccc4)c4cccc(-c6ccccc6)c45)nc3c2)cc1. The summed E-state index contributed by atoms with van der Waals surface area (Å²) in [7, 11) is -3.10. The molecule has 11 rings (SSSR count). The van der Waals surface area contributed by atoms with Crippen molar-refractivity contribution in [1.29, 1.82) is 0 Å². The van der Waals surface area contributed by atoms with Crippen LogP contribution in [0, 0.1) is 0 Å². The Kier molecular flexibility index (Phi) is 9.41. The number of pyridine rings is 1. The smallest absolute Gasteiger partial charge is 0.171 e. The van der Waals surface area contributed by atoms with Crippen molar-refractivity contribution in [2.75, 3.05) is 0 Å². The van der Waals surface area contributed by atoms with E-state index in [2.05, 4.69) is 133 Å². The Balaban J connectivity index is 1.06. The Morgan fingerprint density at radius 2 is 0.774 bits per heavy atom. The molecule has 0 fully saturated rings. The second kappa shape index (κ2) is 15.7. The van der Waals surface area contributed by atoms with Gasteiger partial charge in [0.05, 0.1) is 22.4 Å². The number of fused-ring (bicyclic) bond motifs is 4. The number of nitrogens with zero attached hydrogens (tertiary/aromatic N) is 3. The molecule has 0 aliphatic rings. The lowest BCUT2D eigenvalue weighted by Gasteiger charge is -2.20. The monoisotopic (exact) mass is 811 g/mol. The third-order valence-electron chi connectivity index (χ3n) is 11.8. The fourth-order valence-electron chi connectivity index (χ4n) is 8.71. The van der Waals surface area contributed by atoms with E-state index in [1.165, 1.54) is 0 Å². The van der Waals surface area contributed by atoms with Crippen molar-refractivity contribution in [2.24, 2.45) is 0 Å². The largest absolute Gasteiger partial charge is 0.309 e. The number of rotatable bonds is 8. The summed E-state index contributed by atoms with van der Waals surface area (Å²) in [6, 6.07) is 78.4. The van der Waals surface area contributed by atoms with Crippen LogP contribution in [-0.2, 0) is 4.57 Å². The average Bonchev–Trinajstić information content (AvgIpc) is 3.36. The van der Waals surface area contributed by atoms with Crippen molar-refractivity contribution < 1.29 is 4.57 Å². The molecule has 0 saturated heterocycles. The lowest BCUT2D eigenvalue weighted by atomic mass is 9.92. The molecule has 0 aliphatic heterocycles. The molecular formula is C57H38N3OP. The highest BCUT2D eigenvalue weighted by Crippen LogP contribution is 2.43. The van der Waals surface area contributed by atoms with Crippen LogP contribution in [0.25, 0.3) is 88.7 Å². The molecule has 2 heterocycles. The van der Waals surface area contributed by atoms with Gasteiger partial charge in [0.2, 0.25) is 0 Å². The minimum Gasteiger partial charge on any atom is -0.309 e. The van der Waals surface area contributed by atoms with Crippen molar-refractivity contribution in [3.63, 3.8) is 0 Å². The maximum Gasteiger partial charge on any atom is 0.171 e. The van der Waals surface area contributed by atoms with Crippen molar-refractivity contribution in [1.82, 2.24) is 15.0 Å². The predicted molar refractivity (Wildman–Crippen MR) is 259 cm³/mol. The van der Waals surface area contributed by atoms with Gasteiger partial charge in [-0.3, -0.25) is 0 Å². The van der Waals surface area contributed by atoms with Crippen molar-refractivity contribution in [3.05, 3.63) is 231 Å². The molecule has 0 spiro atoms. The Labute approximate surface area is 360 Å². The summed E-state index contributed by atoms with van der Waals surface area (Å²) in [6.45, 7) is 0. The summed E-state index contributed by atoms with van der Waals surface area (Å²) >= 11 is 0. The molecule has 0 radical (unpaired) electrons. The summed E-state index contributed by atoms with van der Waals surface area (Å²) in [5.74, 6) is 0.622. The minimum atomic E-state index is -3.10. The number of aromatic nitrogens is 3. The fraction of sp³-hybridized carbons (Fsp3) is 0. The zero-order chi connectivity index (χ0) is 41.5. The summed E-state index contributed by atoms with van der Waals surface area (Å²) in [5.41, 5.74) is 10.8. The summed E-state index contributed by atoms with van der Waals surface area (Å²) in [6.07, 6.45) is 0. The van der Waals surface area contributed by atoms with E-state index in [1.807, 2.05) is 97.1 Å². The molecule has 9 aromatic carbocycles. The van der Waals surface area contributed by atoms with Crippen molar-refractivity contribution in [2.45, 2.75) is 0 Å². The summed E-state index contributed by atoms with van der Waals surface area (Å²) in [4.78, 5) is 15.9. The molecule has 0 N–H and O–H groups in total. The standard InChI is InChI=1S/C57H38N3OP/c61-62(45-23-12-4-13-24-45,46-25-14-5-15-26-46)47-33-29-39(30-34-47)43-31-36-50-53(37-43)59-57(60-55(50)41-19-8-2-9-20-41)44-32-35-49-52(38-44)58-56(42-21-10-3-11-22-42)51-28-16-27-48(54(49)51)40-17-6-1-7-18-40/h1-38H. The van der Waals surface area contributed by atoms with Crippen LogP contribution in [0.5, 0.6) is 0 Å². The van der Waals surface area contributed by atoms with Crippen LogP contribution in [0.4, 0.5) is 0 Å². The molecule has 4 nitrogen and oxygen atoms in total.